The second kappa shape index (κ2) is 5.90. The Balaban J connectivity index is 2.51. The van der Waals surface area contributed by atoms with Crippen molar-refractivity contribution < 1.29 is 9.90 Å². The van der Waals surface area contributed by atoms with Crippen molar-refractivity contribution in [2.75, 3.05) is 25.5 Å². The van der Waals surface area contributed by atoms with Crippen LogP contribution in [0.25, 0.3) is 0 Å². The van der Waals surface area contributed by atoms with Crippen molar-refractivity contribution in [1.82, 2.24) is 0 Å². The highest BCUT2D eigenvalue weighted by Crippen LogP contribution is 2.10. The van der Waals surface area contributed by atoms with Crippen LogP contribution in [0.1, 0.15) is 12.0 Å². The van der Waals surface area contributed by atoms with E-state index in [4.69, 9.17) is 5.11 Å². The molecule has 0 spiro atoms. The van der Waals surface area contributed by atoms with E-state index in [0.717, 1.165) is 11.3 Å². The number of anilines is 1. The Morgan fingerprint density at radius 3 is 2.50 bits per heavy atom. The lowest BCUT2D eigenvalue weighted by molar-refractivity contribution is -0.136. The predicted octanol–water partition coefficient (Wildman–Crippen LogP) is 1.65. The molecular formula is C12H16N2O2. The van der Waals surface area contributed by atoms with E-state index >= 15 is 0 Å². The number of aliphatic imine (C=N–C) groups is 1. The number of nitrogens with zero attached hydrogens (tertiary/aromatic N) is 2. The van der Waals surface area contributed by atoms with Crippen LogP contribution in [0.5, 0.6) is 0 Å². The largest absolute Gasteiger partial charge is 0.481 e. The first-order valence-corrected chi connectivity index (χ1v) is 5.08. The summed E-state index contributed by atoms with van der Waals surface area (Å²) in [5.41, 5.74) is 2.11. The molecule has 0 saturated carbocycles. The predicted molar refractivity (Wildman–Crippen MR) is 65.5 cm³/mol. The normalized spacial score (nSPS) is 10.6. The molecule has 0 aliphatic rings. The molecule has 0 aliphatic carbocycles. The molecule has 0 aliphatic heterocycles. The average molecular weight is 220 g/mol. The van der Waals surface area contributed by atoms with Gasteiger partial charge in [-0.05, 0) is 17.7 Å². The van der Waals surface area contributed by atoms with Gasteiger partial charge in [-0.15, -0.1) is 0 Å². The molecule has 0 fully saturated rings. The Hall–Kier alpha value is -1.84. The van der Waals surface area contributed by atoms with Crippen molar-refractivity contribution >= 4 is 17.9 Å². The van der Waals surface area contributed by atoms with E-state index in [0.29, 0.717) is 6.54 Å². The zero-order valence-electron chi connectivity index (χ0n) is 9.55. The number of carboxylic acid groups (broad SMARTS) is 1. The Morgan fingerprint density at radius 2 is 2.00 bits per heavy atom. The number of aliphatic carboxylic acids is 1. The van der Waals surface area contributed by atoms with Crippen LogP contribution in [0.4, 0.5) is 5.69 Å². The van der Waals surface area contributed by atoms with Crippen LogP contribution in [0.3, 0.4) is 0 Å². The Morgan fingerprint density at radius 1 is 1.38 bits per heavy atom. The average Bonchev–Trinajstić information content (AvgIpc) is 2.25. The van der Waals surface area contributed by atoms with Crippen LogP contribution in [0.15, 0.2) is 29.3 Å². The summed E-state index contributed by atoms with van der Waals surface area (Å²) in [7, 11) is 3.96. The molecule has 16 heavy (non-hydrogen) atoms. The first-order chi connectivity index (χ1) is 7.59. The fourth-order valence-electron chi connectivity index (χ4n) is 1.19. The first kappa shape index (κ1) is 12.2. The highest BCUT2D eigenvalue weighted by Gasteiger charge is 1.95. The second-order valence-corrected chi connectivity index (χ2v) is 3.66. The van der Waals surface area contributed by atoms with E-state index in [-0.39, 0.29) is 6.42 Å². The van der Waals surface area contributed by atoms with Crippen LogP contribution < -0.4 is 4.90 Å². The highest BCUT2D eigenvalue weighted by molar-refractivity contribution is 5.80. The molecule has 0 radical (unpaired) electrons. The Kier molecular flexibility index (Phi) is 4.51. The number of carboxylic acids is 1. The van der Waals surface area contributed by atoms with E-state index in [1.165, 1.54) is 0 Å². The topological polar surface area (TPSA) is 52.9 Å². The first-order valence-electron chi connectivity index (χ1n) is 5.08. The third kappa shape index (κ3) is 4.13. The third-order valence-electron chi connectivity index (χ3n) is 2.10. The molecule has 0 bridgehead atoms. The maximum absolute atomic E-state index is 10.3. The summed E-state index contributed by atoms with van der Waals surface area (Å²) >= 11 is 0. The maximum atomic E-state index is 10.3. The van der Waals surface area contributed by atoms with Crippen molar-refractivity contribution in [2.24, 2.45) is 4.99 Å². The smallest absolute Gasteiger partial charge is 0.305 e. The lowest BCUT2D eigenvalue weighted by Crippen LogP contribution is -2.08. The molecule has 4 heteroatoms. The van der Waals surface area contributed by atoms with Crippen LogP contribution in [0.2, 0.25) is 0 Å². The molecule has 0 heterocycles. The minimum atomic E-state index is -0.819. The molecular weight excluding hydrogens is 204 g/mol. The number of benzene rings is 1. The van der Waals surface area contributed by atoms with Gasteiger partial charge in [0, 0.05) is 32.5 Å². The summed E-state index contributed by atoms with van der Waals surface area (Å²) < 4.78 is 0. The number of carbonyl (C=O) groups is 1. The zero-order valence-corrected chi connectivity index (χ0v) is 9.55. The maximum Gasteiger partial charge on any atom is 0.305 e. The van der Waals surface area contributed by atoms with Crippen molar-refractivity contribution in [3.8, 4) is 0 Å². The van der Waals surface area contributed by atoms with Gasteiger partial charge in [-0.3, -0.25) is 9.79 Å². The molecule has 0 aromatic heterocycles. The number of hydrogen-bond donors (Lipinski definition) is 1. The van der Waals surface area contributed by atoms with Gasteiger partial charge in [-0.1, -0.05) is 12.1 Å². The van der Waals surface area contributed by atoms with E-state index < -0.39 is 5.97 Å². The molecule has 4 nitrogen and oxygen atoms in total. The van der Waals surface area contributed by atoms with Crippen molar-refractivity contribution in [3.05, 3.63) is 29.8 Å². The zero-order chi connectivity index (χ0) is 12.0. The minimum Gasteiger partial charge on any atom is -0.481 e. The Bertz CT molecular complexity index is 369. The van der Waals surface area contributed by atoms with Gasteiger partial charge < -0.3 is 10.0 Å². The van der Waals surface area contributed by atoms with Gasteiger partial charge >= 0.3 is 5.97 Å². The third-order valence-corrected chi connectivity index (χ3v) is 2.10. The van der Waals surface area contributed by atoms with Gasteiger partial charge in [-0.2, -0.15) is 0 Å². The van der Waals surface area contributed by atoms with E-state index in [1.54, 1.807) is 6.21 Å². The van der Waals surface area contributed by atoms with Gasteiger partial charge in [-0.25, -0.2) is 0 Å². The quantitative estimate of drug-likeness (QED) is 0.767. The summed E-state index contributed by atoms with van der Waals surface area (Å²) in [6.07, 6.45) is 1.77. The summed E-state index contributed by atoms with van der Waals surface area (Å²) in [6, 6.07) is 7.91. The van der Waals surface area contributed by atoms with E-state index in [2.05, 4.69) is 4.99 Å². The molecule has 86 valence electrons. The molecule has 0 atom stereocenters. The number of rotatable bonds is 5. The van der Waals surface area contributed by atoms with Crippen LogP contribution in [-0.2, 0) is 4.79 Å². The van der Waals surface area contributed by atoms with Crippen molar-refractivity contribution in [1.29, 1.82) is 0 Å². The molecule has 0 amide bonds. The fraction of sp³-hybridized carbons (Fsp3) is 0.333. The Labute approximate surface area is 95.2 Å². The molecule has 1 aromatic rings. The highest BCUT2D eigenvalue weighted by atomic mass is 16.4. The van der Waals surface area contributed by atoms with Crippen molar-refractivity contribution in [2.45, 2.75) is 6.42 Å². The SMILES string of the molecule is CN(C)c1ccc(C=NCCC(=O)O)cc1. The second-order valence-electron chi connectivity index (χ2n) is 3.66. The van der Waals surface area contributed by atoms with Gasteiger partial charge in [0.1, 0.15) is 0 Å². The minimum absolute atomic E-state index is 0.0757. The number of hydrogen-bond acceptors (Lipinski definition) is 3. The monoisotopic (exact) mass is 220 g/mol. The summed E-state index contributed by atoms with van der Waals surface area (Å²) in [5, 5.41) is 8.43. The molecule has 1 rings (SSSR count). The van der Waals surface area contributed by atoms with Crippen LogP contribution >= 0.6 is 0 Å². The molecule has 0 unspecified atom stereocenters. The summed E-state index contributed by atoms with van der Waals surface area (Å²) in [5.74, 6) is -0.819. The van der Waals surface area contributed by atoms with Crippen LogP contribution in [0, 0.1) is 0 Å². The molecule has 1 aromatic carbocycles. The summed E-state index contributed by atoms with van der Waals surface area (Å²) in [6.45, 7) is 0.324. The van der Waals surface area contributed by atoms with E-state index in [9.17, 15) is 4.79 Å². The van der Waals surface area contributed by atoms with Crippen molar-refractivity contribution in [3.63, 3.8) is 0 Å². The van der Waals surface area contributed by atoms with E-state index in [1.807, 2.05) is 43.3 Å². The standard InChI is InChI=1S/C12H16N2O2/c1-14(2)11-5-3-10(4-6-11)9-13-8-7-12(15)16/h3-6,9H,7-8H2,1-2H3,(H,15,16). The van der Waals surface area contributed by atoms with Gasteiger partial charge in [0.05, 0.1) is 6.42 Å². The van der Waals surface area contributed by atoms with Gasteiger partial charge in [0.2, 0.25) is 0 Å². The molecule has 1 N–H and O–H groups in total. The van der Waals surface area contributed by atoms with Gasteiger partial charge in [0.15, 0.2) is 0 Å². The van der Waals surface area contributed by atoms with Crippen LogP contribution in [-0.4, -0.2) is 37.9 Å². The lowest BCUT2D eigenvalue weighted by Gasteiger charge is -2.11. The van der Waals surface area contributed by atoms with Gasteiger partial charge in [0.25, 0.3) is 0 Å². The fourth-order valence-corrected chi connectivity index (χ4v) is 1.19. The molecule has 0 saturated heterocycles. The summed E-state index contributed by atoms with van der Waals surface area (Å²) in [4.78, 5) is 16.3. The lowest BCUT2D eigenvalue weighted by atomic mass is 10.2.